The molecule has 0 spiro atoms. The van der Waals surface area contributed by atoms with Gasteiger partial charge in [0.2, 0.25) is 0 Å². The van der Waals surface area contributed by atoms with Crippen molar-refractivity contribution in [3.8, 4) is 11.1 Å². The lowest BCUT2D eigenvalue weighted by atomic mass is 10.0. The van der Waals surface area contributed by atoms with E-state index in [9.17, 15) is 13.2 Å². The summed E-state index contributed by atoms with van der Waals surface area (Å²) in [5.41, 5.74) is 5.92. The fourth-order valence-electron chi connectivity index (χ4n) is 1.49. The quantitative estimate of drug-likeness (QED) is 0.737. The molecule has 0 aromatic heterocycles. The third kappa shape index (κ3) is 1.74. The predicted molar refractivity (Wildman–Crippen MR) is 56.2 cm³/mol. The number of nitrogens with two attached hydrogens (primary N) is 1. The van der Waals surface area contributed by atoms with Crippen LogP contribution in [0.15, 0.2) is 36.4 Å². The average molecular weight is 223 g/mol. The molecule has 0 amide bonds. The molecule has 0 radical (unpaired) electrons. The number of hydrogen-bond acceptors (Lipinski definition) is 1. The Morgan fingerprint density at radius 3 is 2.31 bits per heavy atom. The molecular weight excluding hydrogens is 215 g/mol. The molecular formula is C12H8F3N. The number of hydrogen-bond donors (Lipinski definition) is 1. The molecule has 2 rings (SSSR count). The van der Waals surface area contributed by atoms with Crippen molar-refractivity contribution in [1.29, 1.82) is 0 Å². The predicted octanol–water partition coefficient (Wildman–Crippen LogP) is 3.35. The molecule has 0 aliphatic carbocycles. The number of rotatable bonds is 1. The normalized spacial score (nSPS) is 10.4. The van der Waals surface area contributed by atoms with Gasteiger partial charge in [0.25, 0.3) is 0 Å². The Labute approximate surface area is 90.3 Å². The summed E-state index contributed by atoms with van der Waals surface area (Å²) in [6.07, 6.45) is 0. The van der Waals surface area contributed by atoms with Crippen molar-refractivity contribution in [1.82, 2.24) is 0 Å². The van der Waals surface area contributed by atoms with Crippen LogP contribution in [-0.4, -0.2) is 0 Å². The highest BCUT2D eigenvalue weighted by molar-refractivity contribution is 5.76. The highest BCUT2D eigenvalue weighted by Gasteiger charge is 2.12. The molecule has 82 valence electrons. The van der Waals surface area contributed by atoms with Crippen molar-refractivity contribution in [3.63, 3.8) is 0 Å². The lowest BCUT2D eigenvalue weighted by molar-refractivity contribution is 0.511. The minimum absolute atomic E-state index is 0.0255. The largest absolute Gasteiger partial charge is 0.398 e. The van der Waals surface area contributed by atoms with Crippen LogP contribution >= 0.6 is 0 Å². The van der Waals surface area contributed by atoms with Gasteiger partial charge in [-0.2, -0.15) is 0 Å². The van der Waals surface area contributed by atoms with Gasteiger partial charge in [-0.05, 0) is 24.3 Å². The van der Waals surface area contributed by atoms with E-state index in [-0.39, 0.29) is 16.8 Å². The monoisotopic (exact) mass is 223 g/mol. The Hall–Kier alpha value is -1.97. The zero-order valence-corrected chi connectivity index (χ0v) is 8.18. The maximum absolute atomic E-state index is 13.4. The minimum atomic E-state index is -0.985. The molecule has 2 aromatic rings. The van der Waals surface area contributed by atoms with E-state index in [0.29, 0.717) is 0 Å². The Bertz CT molecular complexity index is 538. The smallest absolute Gasteiger partial charge is 0.166 e. The number of benzene rings is 2. The summed E-state index contributed by atoms with van der Waals surface area (Å²) in [5.74, 6) is -2.46. The lowest BCUT2D eigenvalue weighted by Gasteiger charge is -2.07. The third-order valence-corrected chi connectivity index (χ3v) is 2.26. The van der Waals surface area contributed by atoms with Gasteiger partial charge < -0.3 is 5.73 Å². The minimum Gasteiger partial charge on any atom is -0.398 e. The van der Waals surface area contributed by atoms with E-state index in [2.05, 4.69) is 0 Å². The summed E-state index contributed by atoms with van der Waals surface area (Å²) in [4.78, 5) is 0. The summed E-state index contributed by atoms with van der Waals surface area (Å²) in [6, 6.07) is 7.31. The molecule has 0 saturated carbocycles. The van der Waals surface area contributed by atoms with Gasteiger partial charge in [-0.15, -0.1) is 0 Å². The zero-order valence-electron chi connectivity index (χ0n) is 8.18. The molecule has 0 bridgehead atoms. The van der Waals surface area contributed by atoms with Crippen LogP contribution in [0.2, 0.25) is 0 Å². The second-order valence-corrected chi connectivity index (χ2v) is 3.33. The van der Waals surface area contributed by atoms with E-state index >= 15 is 0 Å². The van der Waals surface area contributed by atoms with Crippen LogP contribution in [0.25, 0.3) is 11.1 Å². The molecule has 1 nitrogen and oxygen atoms in total. The lowest BCUT2D eigenvalue weighted by Crippen LogP contribution is -1.95. The first-order valence-electron chi connectivity index (χ1n) is 4.59. The fraction of sp³-hybridized carbons (Fsp3) is 0. The first-order valence-corrected chi connectivity index (χ1v) is 4.59. The molecule has 0 atom stereocenters. The Morgan fingerprint density at radius 1 is 0.875 bits per heavy atom. The van der Waals surface area contributed by atoms with Gasteiger partial charge in [0.05, 0.1) is 0 Å². The maximum Gasteiger partial charge on any atom is 0.166 e. The fourth-order valence-corrected chi connectivity index (χ4v) is 1.49. The standard InChI is InChI=1S/C12H8F3N/c13-7-4-5-8(11(16)6-7)9-2-1-3-10(14)12(9)15/h1-6H,16H2. The molecule has 0 saturated heterocycles. The number of halogens is 3. The number of anilines is 1. The van der Waals surface area contributed by atoms with Crippen molar-refractivity contribution < 1.29 is 13.2 Å². The van der Waals surface area contributed by atoms with Gasteiger partial charge >= 0.3 is 0 Å². The highest BCUT2D eigenvalue weighted by Crippen LogP contribution is 2.29. The van der Waals surface area contributed by atoms with E-state index in [1.807, 2.05) is 0 Å². The van der Waals surface area contributed by atoms with Crippen molar-refractivity contribution in [2.45, 2.75) is 0 Å². The summed E-state index contributed by atoms with van der Waals surface area (Å²) < 4.78 is 39.2. The van der Waals surface area contributed by atoms with Crippen molar-refractivity contribution in [2.75, 3.05) is 5.73 Å². The summed E-state index contributed by atoms with van der Waals surface area (Å²) in [5, 5.41) is 0. The molecule has 0 fully saturated rings. The van der Waals surface area contributed by atoms with E-state index in [1.165, 1.54) is 18.2 Å². The molecule has 0 aliphatic rings. The molecule has 0 aliphatic heterocycles. The zero-order chi connectivity index (χ0) is 11.7. The molecule has 4 heteroatoms. The van der Waals surface area contributed by atoms with Gasteiger partial charge in [0.15, 0.2) is 11.6 Å². The maximum atomic E-state index is 13.4. The van der Waals surface area contributed by atoms with Gasteiger partial charge in [-0.1, -0.05) is 12.1 Å². The summed E-state index contributed by atoms with van der Waals surface area (Å²) in [7, 11) is 0. The topological polar surface area (TPSA) is 26.0 Å². The van der Waals surface area contributed by atoms with Crippen LogP contribution in [-0.2, 0) is 0 Å². The van der Waals surface area contributed by atoms with Crippen LogP contribution in [0.4, 0.5) is 18.9 Å². The highest BCUT2D eigenvalue weighted by atomic mass is 19.2. The third-order valence-electron chi connectivity index (χ3n) is 2.26. The Morgan fingerprint density at radius 2 is 1.62 bits per heavy atom. The van der Waals surface area contributed by atoms with Gasteiger partial charge in [-0.25, -0.2) is 13.2 Å². The molecule has 16 heavy (non-hydrogen) atoms. The van der Waals surface area contributed by atoms with Crippen molar-refractivity contribution >= 4 is 5.69 Å². The Balaban J connectivity index is 2.63. The van der Waals surface area contributed by atoms with Gasteiger partial charge in [0, 0.05) is 16.8 Å². The molecule has 2 N–H and O–H groups in total. The van der Waals surface area contributed by atoms with Crippen molar-refractivity contribution in [2.24, 2.45) is 0 Å². The van der Waals surface area contributed by atoms with Gasteiger partial charge in [0.1, 0.15) is 5.82 Å². The Kier molecular flexibility index (Phi) is 2.56. The first kappa shape index (κ1) is 10.5. The van der Waals surface area contributed by atoms with Crippen LogP contribution in [0, 0.1) is 17.5 Å². The molecule has 0 unspecified atom stereocenters. The van der Waals surface area contributed by atoms with E-state index in [4.69, 9.17) is 5.73 Å². The van der Waals surface area contributed by atoms with Gasteiger partial charge in [-0.3, -0.25) is 0 Å². The van der Waals surface area contributed by atoms with Crippen molar-refractivity contribution in [3.05, 3.63) is 53.8 Å². The van der Waals surface area contributed by atoms with E-state index < -0.39 is 17.5 Å². The average Bonchev–Trinajstić information content (AvgIpc) is 2.23. The van der Waals surface area contributed by atoms with E-state index in [0.717, 1.165) is 18.2 Å². The van der Waals surface area contributed by atoms with Crippen LogP contribution in [0.1, 0.15) is 0 Å². The van der Waals surface area contributed by atoms with Crippen LogP contribution in [0.5, 0.6) is 0 Å². The second-order valence-electron chi connectivity index (χ2n) is 3.33. The molecule has 2 aromatic carbocycles. The molecule has 0 heterocycles. The van der Waals surface area contributed by atoms with Crippen LogP contribution in [0.3, 0.4) is 0 Å². The summed E-state index contributed by atoms with van der Waals surface area (Å²) in [6.45, 7) is 0. The van der Waals surface area contributed by atoms with E-state index in [1.54, 1.807) is 0 Å². The summed E-state index contributed by atoms with van der Waals surface area (Å²) >= 11 is 0. The second kappa shape index (κ2) is 3.89. The number of nitrogen functional groups attached to an aromatic ring is 1. The SMILES string of the molecule is Nc1cc(F)ccc1-c1cccc(F)c1F. The van der Waals surface area contributed by atoms with Crippen LogP contribution < -0.4 is 5.73 Å². The first-order chi connectivity index (χ1) is 7.59.